The second-order valence-corrected chi connectivity index (χ2v) is 7.32. The van der Waals surface area contributed by atoms with E-state index < -0.39 is 0 Å². The third kappa shape index (κ3) is 5.60. The first kappa shape index (κ1) is 19.0. The van der Waals surface area contributed by atoms with Gasteiger partial charge >= 0.3 is 0 Å². The summed E-state index contributed by atoms with van der Waals surface area (Å²) in [6.45, 7) is 4.44. The Kier molecular flexibility index (Phi) is 6.73. The molecule has 0 radical (unpaired) electrons. The monoisotopic (exact) mass is 433 g/mol. The Labute approximate surface area is 166 Å². The van der Waals surface area contributed by atoms with Crippen molar-refractivity contribution >= 4 is 44.9 Å². The number of nitrogens with zero attached hydrogens (tertiary/aromatic N) is 1. The quantitative estimate of drug-likeness (QED) is 0.723. The van der Waals surface area contributed by atoms with Gasteiger partial charge in [0.25, 0.3) is 5.91 Å². The molecule has 136 valence electrons. The molecular formula is C19H20BrN3O2S. The van der Waals surface area contributed by atoms with Gasteiger partial charge in [0.05, 0.1) is 13.2 Å². The molecule has 3 rings (SSSR count). The predicted octanol–water partition coefficient (Wildman–Crippen LogP) is 3.41. The van der Waals surface area contributed by atoms with Gasteiger partial charge in [0.15, 0.2) is 5.11 Å². The lowest BCUT2D eigenvalue weighted by atomic mass is 10.2. The molecule has 26 heavy (non-hydrogen) atoms. The van der Waals surface area contributed by atoms with Crippen molar-refractivity contribution in [3.63, 3.8) is 0 Å². The number of nitrogens with one attached hydrogen (secondary N) is 2. The maximum Gasteiger partial charge on any atom is 0.257 e. The number of carbonyl (C=O) groups is 1. The average Bonchev–Trinajstić information content (AvgIpc) is 2.64. The van der Waals surface area contributed by atoms with Crippen LogP contribution in [-0.4, -0.2) is 42.2 Å². The van der Waals surface area contributed by atoms with Crippen LogP contribution in [0.1, 0.15) is 15.9 Å². The highest BCUT2D eigenvalue weighted by atomic mass is 79.9. The van der Waals surface area contributed by atoms with E-state index in [1.807, 2.05) is 24.3 Å². The second kappa shape index (κ2) is 9.23. The molecule has 2 aromatic carbocycles. The molecule has 2 aromatic rings. The number of morpholine rings is 1. The van der Waals surface area contributed by atoms with Gasteiger partial charge in [-0.3, -0.25) is 15.0 Å². The summed E-state index contributed by atoms with van der Waals surface area (Å²) in [5.41, 5.74) is 2.64. The fourth-order valence-corrected chi connectivity index (χ4v) is 3.12. The zero-order chi connectivity index (χ0) is 18.4. The Morgan fingerprint density at radius 3 is 2.38 bits per heavy atom. The highest BCUT2D eigenvalue weighted by Crippen LogP contribution is 2.13. The summed E-state index contributed by atoms with van der Waals surface area (Å²) in [5, 5.41) is 6.01. The van der Waals surface area contributed by atoms with Crippen LogP contribution in [-0.2, 0) is 11.3 Å². The van der Waals surface area contributed by atoms with E-state index in [1.54, 1.807) is 12.1 Å². The van der Waals surface area contributed by atoms with Gasteiger partial charge in [0.1, 0.15) is 0 Å². The minimum Gasteiger partial charge on any atom is -0.379 e. The van der Waals surface area contributed by atoms with Gasteiger partial charge in [-0.05, 0) is 54.2 Å². The van der Waals surface area contributed by atoms with Gasteiger partial charge in [-0.15, -0.1) is 0 Å². The summed E-state index contributed by atoms with van der Waals surface area (Å²) in [6, 6.07) is 15.2. The minimum absolute atomic E-state index is 0.237. The molecule has 0 aromatic heterocycles. The van der Waals surface area contributed by atoms with Crippen LogP contribution in [0.3, 0.4) is 0 Å². The highest BCUT2D eigenvalue weighted by molar-refractivity contribution is 9.10. The third-order valence-electron chi connectivity index (χ3n) is 4.06. The minimum atomic E-state index is -0.237. The molecule has 0 unspecified atom stereocenters. The maximum atomic E-state index is 12.2. The van der Waals surface area contributed by atoms with E-state index in [1.165, 1.54) is 5.56 Å². The Morgan fingerprint density at radius 2 is 1.73 bits per heavy atom. The fourth-order valence-electron chi connectivity index (χ4n) is 2.65. The SMILES string of the molecule is O=C(NC(=S)Nc1ccc(CN2CCOCC2)cc1)c1ccc(Br)cc1. The summed E-state index contributed by atoms with van der Waals surface area (Å²) < 4.78 is 6.29. The molecule has 7 heteroatoms. The number of rotatable bonds is 4. The van der Waals surface area contributed by atoms with Crippen LogP contribution in [0.25, 0.3) is 0 Å². The lowest BCUT2D eigenvalue weighted by Crippen LogP contribution is -2.35. The van der Waals surface area contributed by atoms with Crippen LogP contribution in [0, 0.1) is 0 Å². The lowest BCUT2D eigenvalue weighted by Gasteiger charge is -2.26. The van der Waals surface area contributed by atoms with Crippen LogP contribution in [0.5, 0.6) is 0 Å². The molecular weight excluding hydrogens is 414 g/mol. The van der Waals surface area contributed by atoms with E-state index in [0.717, 1.165) is 43.0 Å². The van der Waals surface area contributed by atoms with Crippen molar-refractivity contribution in [2.75, 3.05) is 31.6 Å². The van der Waals surface area contributed by atoms with Gasteiger partial charge in [-0.2, -0.15) is 0 Å². The molecule has 5 nitrogen and oxygen atoms in total. The Hall–Kier alpha value is -1.80. The fraction of sp³-hybridized carbons (Fsp3) is 0.263. The molecule has 1 fully saturated rings. The molecule has 0 atom stereocenters. The number of anilines is 1. The van der Waals surface area contributed by atoms with Crippen molar-refractivity contribution in [1.82, 2.24) is 10.2 Å². The van der Waals surface area contributed by atoms with Gasteiger partial charge < -0.3 is 10.1 Å². The normalized spacial score (nSPS) is 14.7. The summed E-state index contributed by atoms with van der Waals surface area (Å²) in [5.74, 6) is -0.237. The van der Waals surface area contributed by atoms with Crippen LogP contribution in [0.4, 0.5) is 5.69 Å². The molecule has 1 heterocycles. The van der Waals surface area contributed by atoms with Gasteiger partial charge in [0, 0.05) is 35.4 Å². The average molecular weight is 434 g/mol. The van der Waals surface area contributed by atoms with Crippen LogP contribution in [0.2, 0.25) is 0 Å². The Morgan fingerprint density at radius 1 is 1.08 bits per heavy atom. The molecule has 0 bridgehead atoms. The molecule has 0 spiro atoms. The smallest absolute Gasteiger partial charge is 0.257 e. The third-order valence-corrected chi connectivity index (χ3v) is 4.79. The highest BCUT2D eigenvalue weighted by Gasteiger charge is 2.11. The Balaban J connectivity index is 1.50. The maximum absolute atomic E-state index is 12.2. The summed E-state index contributed by atoms with van der Waals surface area (Å²) in [7, 11) is 0. The molecule has 1 saturated heterocycles. The van der Waals surface area contributed by atoms with Gasteiger partial charge in [-0.1, -0.05) is 28.1 Å². The van der Waals surface area contributed by atoms with Crippen LogP contribution >= 0.6 is 28.1 Å². The molecule has 1 aliphatic rings. The van der Waals surface area contributed by atoms with Crippen molar-refractivity contribution in [3.05, 3.63) is 64.1 Å². The number of halogens is 1. The number of hydrogen-bond acceptors (Lipinski definition) is 4. The van der Waals surface area contributed by atoms with E-state index in [2.05, 4.69) is 43.6 Å². The van der Waals surface area contributed by atoms with Crippen LogP contribution in [0.15, 0.2) is 53.0 Å². The number of ether oxygens (including phenoxy) is 1. The van der Waals surface area contributed by atoms with Crippen molar-refractivity contribution in [3.8, 4) is 0 Å². The van der Waals surface area contributed by atoms with E-state index in [4.69, 9.17) is 17.0 Å². The van der Waals surface area contributed by atoms with Crippen molar-refractivity contribution in [1.29, 1.82) is 0 Å². The number of amides is 1. The Bertz CT molecular complexity index is 759. The van der Waals surface area contributed by atoms with E-state index in [0.29, 0.717) is 5.56 Å². The predicted molar refractivity (Wildman–Crippen MR) is 110 cm³/mol. The molecule has 0 saturated carbocycles. The molecule has 1 amide bonds. The summed E-state index contributed by atoms with van der Waals surface area (Å²) in [4.78, 5) is 14.5. The zero-order valence-electron chi connectivity index (χ0n) is 14.2. The van der Waals surface area contributed by atoms with E-state index >= 15 is 0 Å². The van der Waals surface area contributed by atoms with Gasteiger partial charge in [0.2, 0.25) is 0 Å². The van der Waals surface area contributed by atoms with Gasteiger partial charge in [-0.25, -0.2) is 0 Å². The standard InChI is InChI=1S/C19H20BrN3O2S/c20-16-5-3-15(4-6-16)18(24)22-19(26)21-17-7-1-14(2-8-17)13-23-9-11-25-12-10-23/h1-8H,9-13H2,(H2,21,22,24,26). The first-order valence-corrected chi connectivity index (χ1v) is 9.57. The topological polar surface area (TPSA) is 53.6 Å². The molecule has 0 aliphatic carbocycles. The number of thiocarbonyl (C=S) groups is 1. The van der Waals surface area contributed by atoms with E-state index in [-0.39, 0.29) is 11.0 Å². The summed E-state index contributed by atoms with van der Waals surface area (Å²) >= 11 is 8.57. The van der Waals surface area contributed by atoms with Crippen molar-refractivity contribution < 1.29 is 9.53 Å². The van der Waals surface area contributed by atoms with E-state index in [9.17, 15) is 4.79 Å². The number of benzene rings is 2. The number of carbonyl (C=O) groups excluding carboxylic acids is 1. The van der Waals surface area contributed by atoms with Crippen molar-refractivity contribution in [2.24, 2.45) is 0 Å². The first-order chi connectivity index (χ1) is 12.6. The second-order valence-electron chi connectivity index (χ2n) is 6.00. The lowest BCUT2D eigenvalue weighted by molar-refractivity contribution is 0.0342. The largest absolute Gasteiger partial charge is 0.379 e. The molecule has 2 N–H and O–H groups in total. The van der Waals surface area contributed by atoms with Crippen LogP contribution < -0.4 is 10.6 Å². The summed E-state index contributed by atoms with van der Waals surface area (Å²) in [6.07, 6.45) is 0. The first-order valence-electron chi connectivity index (χ1n) is 8.37. The molecule has 1 aliphatic heterocycles. The zero-order valence-corrected chi connectivity index (χ0v) is 16.6. The van der Waals surface area contributed by atoms with Crippen molar-refractivity contribution in [2.45, 2.75) is 6.54 Å². The number of hydrogen-bond donors (Lipinski definition) is 2.